The van der Waals surface area contributed by atoms with E-state index in [1.807, 2.05) is 69.4 Å². The number of rotatable bonds is 8. The molecule has 3 N–H and O–H groups in total. The van der Waals surface area contributed by atoms with Gasteiger partial charge in [0.25, 0.3) is 5.91 Å². The van der Waals surface area contributed by atoms with E-state index in [-0.39, 0.29) is 5.91 Å². The fourth-order valence-electron chi connectivity index (χ4n) is 4.72. The summed E-state index contributed by atoms with van der Waals surface area (Å²) < 4.78 is 8.36. The maximum atomic E-state index is 13.1. The van der Waals surface area contributed by atoms with E-state index in [9.17, 15) is 4.79 Å². The van der Waals surface area contributed by atoms with Crippen molar-refractivity contribution in [2.45, 2.75) is 20.4 Å². The number of ether oxygens (including phenoxy) is 1. The molecule has 1 aliphatic rings. The molecule has 12 heteroatoms. The van der Waals surface area contributed by atoms with Gasteiger partial charge >= 0.3 is 0 Å². The molecule has 0 atom stereocenters. The lowest BCUT2D eigenvalue weighted by atomic mass is 10.1. The molecule has 0 spiro atoms. The summed E-state index contributed by atoms with van der Waals surface area (Å²) in [5.41, 5.74) is 4.84. The minimum atomic E-state index is -0.189. The largest absolute Gasteiger partial charge is 0.379 e. The first-order chi connectivity index (χ1) is 19.9. The molecular weight excluding hydrogens is 538 g/mol. The van der Waals surface area contributed by atoms with E-state index in [0.717, 1.165) is 64.3 Å². The summed E-state index contributed by atoms with van der Waals surface area (Å²) in [5.74, 6) is 1.89. The third kappa shape index (κ3) is 6.04. The Hall–Kier alpha value is -4.39. The number of carbonyl (C=O) groups is 1. The topological polar surface area (TPSA) is 122 Å². The number of benzene rings is 2. The highest BCUT2D eigenvalue weighted by atomic mass is 32.1. The van der Waals surface area contributed by atoms with E-state index in [1.54, 1.807) is 16.0 Å². The molecule has 11 nitrogen and oxygen atoms in total. The first-order valence-corrected chi connectivity index (χ1v) is 14.2. The second-order valence-electron chi connectivity index (χ2n) is 9.86. The van der Waals surface area contributed by atoms with Crippen LogP contribution in [0.2, 0.25) is 0 Å². The van der Waals surface area contributed by atoms with Crippen LogP contribution >= 0.6 is 11.3 Å². The molecule has 6 rings (SSSR count). The van der Waals surface area contributed by atoms with Gasteiger partial charge in [-0.15, -0.1) is 11.3 Å². The number of hydrogen-bond donors (Lipinski definition) is 3. The van der Waals surface area contributed by atoms with Crippen molar-refractivity contribution in [2.24, 2.45) is 0 Å². The van der Waals surface area contributed by atoms with Gasteiger partial charge in [-0.3, -0.25) is 9.69 Å². The third-order valence-electron chi connectivity index (χ3n) is 6.89. The van der Waals surface area contributed by atoms with Crippen LogP contribution in [-0.2, 0) is 11.3 Å². The lowest BCUT2D eigenvalue weighted by Crippen LogP contribution is -2.35. The molecule has 3 aromatic heterocycles. The summed E-state index contributed by atoms with van der Waals surface area (Å²) in [5, 5.41) is 15.5. The predicted molar refractivity (Wildman–Crippen MR) is 162 cm³/mol. The van der Waals surface area contributed by atoms with Gasteiger partial charge in [-0.05, 0) is 49.7 Å². The Morgan fingerprint density at radius 1 is 1.05 bits per heavy atom. The number of fused-ring (bicyclic) bond motifs is 1. The average molecular weight is 570 g/mol. The van der Waals surface area contributed by atoms with E-state index >= 15 is 0 Å². The second kappa shape index (κ2) is 11.6. The van der Waals surface area contributed by atoms with Crippen LogP contribution < -0.4 is 16.0 Å². The Labute approximate surface area is 241 Å². The summed E-state index contributed by atoms with van der Waals surface area (Å²) in [6.07, 6.45) is 1.51. The first kappa shape index (κ1) is 26.8. The van der Waals surface area contributed by atoms with Gasteiger partial charge < -0.3 is 20.7 Å². The molecule has 210 valence electrons. The molecule has 41 heavy (non-hydrogen) atoms. The molecule has 0 saturated carbocycles. The molecule has 1 amide bonds. The smallest absolute Gasteiger partial charge is 0.255 e. The molecule has 0 radical (unpaired) electrons. The van der Waals surface area contributed by atoms with Crippen molar-refractivity contribution in [1.29, 1.82) is 0 Å². The molecule has 5 aromatic rings. The van der Waals surface area contributed by atoms with Crippen LogP contribution in [0.15, 0.2) is 54.9 Å². The Balaban J connectivity index is 1.27. The molecule has 0 bridgehead atoms. The van der Waals surface area contributed by atoms with Crippen LogP contribution in [0.3, 0.4) is 0 Å². The van der Waals surface area contributed by atoms with Gasteiger partial charge in [0.2, 0.25) is 0 Å². The maximum Gasteiger partial charge on any atom is 0.255 e. The Bertz CT molecular complexity index is 1710. The van der Waals surface area contributed by atoms with Crippen molar-refractivity contribution in [2.75, 3.05) is 49.3 Å². The quantitative estimate of drug-likeness (QED) is 0.243. The number of morpholine rings is 1. The molecule has 1 saturated heterocycles. The summed E-state index contributed by atoms with van der Waals surface area (Å²) in [7, 11) is 1.82. The Morgan fingerprint density at radius 2 is 1.90 bits per heavy atom. The van der Waals surface area contributed by atoms with Crippen LogP contribution in [0.25, 0.3) is 16.0 Å². The normalized spacial score (nSPS) is 13.8. The Morgan fingerprint density at radius 3 is 2.73 bits per heavy atom. The molecule has 0 aliphatic carbocycles. The van der Waals surface area contributed by atoms with Gasteiger partial charge in [0.1, 0.15) is 18.0 Å². The highest BCUT2D eigenvalue weighted by Gasteiger charge is 2.18. The highest BCUT2D eigenvalue weighted by molar-refractivity contribution is 7.18. The number of aryl methyl sites for hydroxylation is 2. The van der Waals surface area contributed by atoms with Gasteiger partial charge in [-0.1, -0.05) is 6.07 Å². The van der Waals surface area contributed by atoms with Crippen molar-refractivity contribution >= 4 is 50.5 Å². The zero-order valence-corrected chi connectivity index (χ0v) is 24.0. The van der Waals surface area contributed by atoms with Crippen LogP contribution in [0.1, 0.15) is 26.6 Å². The number of nitrogens with one attached hydrogen (secondary N) is 3. The van der Waals surface area contributed by atoms with Gasteiger partial charge in [-0.2, -0.15) is 9.78 Å². The van der Waals surface area contributed by atoms with Gasteiger partial charge in [0.15, 0.2) is 5.82 Å². The summed E-state index contributed by atoms with van der Waals surface area (Å²) in [6.45, 7) is 7.86. The molecule has 4 heterocycles. The first-order valence-electron chi connectivity index (χ1n) is 13.4. The Kier molecular flexibility index (Phi) is 7.59. The van der Waals surface area contributed by atoms with Gasteiger partial charge in [-0.25, -0.2) is 15.0 Å². The number of aromatic nitrogens is 5. The van der Waals surface area contributed by atoms with Crippen molar-refractivity contribution < 1.29 is 9.53 Å². The fourth-order valence-corrected chi connectivity index (χ4v) is 5.53. The number of carbonyl (C=O) groups excluding carboxylic acids is 1. The average Bonchev–Trinajstić information content (AvgIpc) is 3.56. The van der Waals surface area contributed by atoms with Crippen molar-refractivity contribution in [1.82, 2.24) is 29.6 Å². The molecule has 0 unspecified atom stereocenters. The SMILES string of the molecule is CNc1cc(-n2nc(CN3CCOCC3)cc2Nc2cc(NC(=O)c3ccc4sc(C)nc4c3)ccc2C)ncn1. The zero-order valence-electron chi connectivity index (χ0n) is 23.1. The number of amides is 1. The minimum Gasteiger partial charge on any atom is -0.379 e. The summed E-state index contributed by atoms with van der Waals surface area (Å²) in [4.78, 5) is 28.7. The van der Waals surface area contributed by atoms with Crippen LogP contribution in [0, 0.1) is 13.8 Å². The number of thiazole rings is 1. The number of anilines is 4. The monoisotopic (exact) mass is 569 g/mol. The van der Waals surface area contributed by atoms with Crippen LogP contribution in [-0.4, -0.2) is 68.9 Å². The van der Waals surface area contributed by atoms with Crippen LogP contribution in [0.5, 0.6) is 0 Å². The van der Waals surface area contributed by atoms with E-state index in [4.69, 9.17) is 9.84 Å². The van der Waals surface area contributed by atoms with Gasteiger partial charge in [0, 0.05) is 55.8 Å². The van der Waals surface area contributed by atoms with E-state index in [0.29, 0.717) is 29.4 Å². The number of hydrogen-bond acceptors (Lipinski definition) is 10. The second-order valence-corrected chi connectivity index (χ2v) is 11.1. The fraction of sp³-hybridized carbons (Fsp3) is 0.276. The molecule has 2 aromatic carbocycles. The number of nitrogens with zero attached hydrogens (tertiary/aromatic N) is 6. The minimum absolute atomic E-state index is 0.189. The molecule has 1 aliphatic heterocycles. The maximum absolute atomic E-state index is 13.1. The predicted octanol–water partition coefficient (Wildman–Crippen LogP) is 4.76. The van der Waals surface area contributed by atoms with E-state index in [2.05, 4.69) is 35.8 Å². The van der Waals surface area contributed by atoms with Crippen molar-refractivity contribution in [3.63, 3.8) is 0 Å². The lowest BCUT2D eigenvalue weighted by molar-refractivity contribution is 0.0336. The third-order valence-corrected chi connectivity index (χ3v) is 7.84. The zero-order chi connectivity index (χ0) is 28.3. The van der Waals surface area contributed by atoms with E-state index < -0.39 is 0 Å². The summed E-state index contributed by atoms with van der Waals surface area (Å²) in [6, 6.07) is 15.3. The standard InChI is InChI=1S/C29H31N9O2S/c1-18-4-6-21(34-29(39)20-5-7-25-24(12-20)33-19(2)41-25)13-23(18)35-28-14-22(16-37-8-10-40-11-9-37)36-38(28)27-15-26(30-3)31-17-32-27/h4-7,12-15,17,35H,8-11,16H2,1-3H3,(H,34,39)(H,30,31,32). The van der Waals surface area contributed by atoms with Crippen molar-refractivity contribution in [3.05, 3.63) is 76.7 Å². The van der Waals surface area contributed by atoms with Crippen molar-refractivity contribution in [3.8, 4) is 5.82 Å². The lowest BCUT2D eigenvalue weighted by Gasteiger charge is -2.25. The highest BCUT2D eigenvalue weighted by Crippen LogP contribution is 2.28. The van der Waals surface area contributed by atoms with Gasteiger partial charge in [0.05, 0.1) is 34.1 Å². The van der Waals surface area contributed by atoms with E-state index in [1.165, 1.54) is 6.33 Å². The molecule has 1 fully saturated rings. The van der Waals surface area contributed by atoms with Crippen LogP contribution in [0.4, 0.5) is 23.0 Å². The molecular formula is C29H31N9O2S. The summed E-state index contributed by atoms with van der Waals surface area (Å²) >= 11 is 1.62.